The Hall–Kier alpha value is -1.63. The number of H-pyrrole nitrogens is 1. The molecule has 108 valence electrons. The third kappa shape index (κ3) is 2.06. The van der Waals surface area contributed by atoms with Crippen molar-refractivity contribution in [1.29, 1.82) is 0 Å². The van der Waals surface area contributed by atoms with Crippen molar-refractivity contribution in [2.24, 2.45) is 0 Å². The van der Waals surface area contributed by atoms with Crippen LogP contribution < -0.4 is 10.2 Å². The van der Waals surface area contributed by atoms with E-state index in [1.165, 1.54) is 0 Å². The summed E-state index contributed by atoms with van der Waals surface area (Å²) in [4.78, 5) is 40.2. The lowest BCUT2D eigenvalue weighted by Crippen LogP contribution is -2.68. The maximum absolute atomic E-state index is 12.7. The van der Waals surface area contributed by atoms with E-state index in [0.717, 1.165) is 24.2 Å². The molecule has 1 aromatic heterocycles. The fraction of sp³-hybridized carbons (Fsp3) is 0.615. The highest BCUT2D eigenvalue weighted by molar-refractivity contribution is 7.07. The highest BCUT2D eigenvalue weighted by Crippen LogP contribution is 2.35. The second kappa shape index (κ2) is 4.73. The number of aromatic nitrogens is 1. The third-order valence-corrected chi connectivity index (χ3v) is 4.97. The summed E-state index contributed by atoms with van der Waals surface area (Å²) in [5.41, 5.74) is -0.0250. The fourth-order valence-electron chi connectivity index (χ4n) is 3.09. The maximum Gasteiger partial charge on any atom is 0.304 e. The summed E-state index contributed by atoms with van der Waals surface area (Å²) in [5.74, 6) is -0.127. The summed E-state index contributed by atoms with van der Waals surface area (Å²) in [5, 5.41) is 4.62. The Morgan fingerprint density at radius 3 is 2.65 bits per heavy atom. The van der Waals surface area contributed by atoms with Gasteiger partial charge in [-0.1, -0.05) is 24.2 Å². The second-order valence-corrected chi connectivity index (χ2v) is 6.40. The molecule has 0 bridgehead atoms. The number of hydrogen-bond acceptors (Lipinski definition) is 4. The van der Waals surface area contributed by atoms with Gasteiger partial charge in [0.05, 0.1) is 6.54 Å². The monoisotopic (exact) mass is 295 g/mol. The topological polar surface area (TPSA) is 82.3 Å². The minimum Gasteiger partial charge on any atom is -0.340 e. The van der Waals surface area contributed by atoms with Gasteiger partial charge in [0.2, 0.25) is 11.8 Å². The average Bonchev–Trinajstić information content (AvgIpc) is 3.03. The van der Waals surface area contributed by atoms with Crippen molar-refractivity contribution in [1.82, 2.24) is 15.2 Å². The van der Waals surface area contributed by atoms with Crippen LogP contribution in [0.3, 0.4) is 0 Å². The average molecular weight is 295 g/mol. The molecule has 1 spiro atoms. The van der Waals surface area contributed by atoms with E-state index < -0.39 is 11.6 Å². The third-order valence-electron chi connectivity index (χ3n) is 4.25. The molecule has 6 nitrogen and oxygen atoms in total. The minimum absolute atomic E-state index is 0.0193. The lowest BCUT2D eigenvalue weighted by Gasteiger charge is -2.43. The molecule has 1 aromatic rings. The molecule has 2 fully saturated rings. The Kier molecular flexibility index (Phi) is 3.16. The van der Waals surface area contributed by atoms with E-state index in [-0.39, 0.29) is 23.2 Å². The normalized spacial score (nSPS) is 25.2. The smallest absolute Gasteiger partial charge is 0.304 e. The largest absolute Gasteiger partial charge is 0.340 e. The molecule has 20 heavy (non-hydrogen) atoms. The fourth-order valence-corrected chi connectivity index (χ4v) is 3.66. The van der Waals surface area contributed by atoms with E-state index in [4.69, 9.17) is 0 Å². The Bertz CT molecular complexity index is 600. The van der Waals surface area contributed by atoms with Gasteiger partial charge in [-0.3, -0.25) is 14.4 Å². The molecule has 1 atom stereocenters. The second-order valence-electron chi connectivity index (χ2n) is 5.56. The Morgan fingerprint density at radius 2 is 2.05 bits per heavy atom. The minimum atomic E-state index is -0.708. The van der Waals surface area contributed by atoms with Crippen molar-refractivity contribution < 1.29 is 9.59 Å². The van der Waals surface area contributed by atoms with Crippen LogP contribution in [0.25, 0.3) is 0 Å². The number of hydrogen-bond donors (Lipinski definition) is 2. The van der Waals surface area contributed by atoms with Gasteiger partial charge in [-0.2, -0.15) is 0 Å². The van der Waals surface area contributed by atoms with Crippen LogP contribution in [-0.4, -0.2) is 33.3 Å². The van der Waals surface area contributed by atoms with Crippen LogP contribution >= 0.6 is 11.3 Å². The summed E-state index contributed by atoms with van der Waals surface area (Å²) in [7, 11) is 0. The van der Waals surface area contributed by atoms with Gasteiger partial charge in [0.25, 0.3) is 0 Å². The Labute approximate surface area is 120 Å². The number of thiazole rings is 1. The van der Waals surface area contributed by atoms with E-state index in [9.17, 15) is 14.4 Å². The SMILES string of the molecule is CC1C(=O)NC2(CCCC2)C(=O)N1Cc1csc(=O)[nH]1. The van der Waals surface area contributed by atoms with Crippen molar-refractivity contribution in [3.8, 4) is 0 Å². The molecule has 2 heterocycles. The first-order chi connectivity index (χ1) is 9.52. The molecule has 0 radical (unpaired) electrons. The zero-order valence-electron chi connectivity index (χ0n) is 11.3. The highest BCUT2D eigenvalue weighted by atomic mass is 32.1. The number of nitrogens with zero attached hydrogens (tertiary/aromatic N) is 1. The first-order valence-electron chi connectivity index (χ1n) is 6.82. The zero-order valence-corrected chi connectivity index (χ0v) is 12.1. The van der Waals surface area contributed by atoms with Crippen LogP contribution in [0.5, 0.6) is 0 Å². The summed E-state index contributed by atoms with van der Waals surface area (Å²) in [6, 6.07) is -0.503. The lowest BCUT2D eigenvalue weighted by molar-refractivity contribution is -0.154. The van der Waals surface area contributed by atoms with Gasteiger partial charge in [0.1, 0.15) is 11.6 Å². The molecule has 1 saturated heterocycles. The molecule has 1 saturated carbocycles. The molecule has 1 unspecified atom stereocenters. The molecule has 0 aromatic carbocycles. The van der Waals surface area contributed by atoms with Crippen LogP contribution in [0.2, 0.25) is 0 Å². The van der Waals surface area contributed by atoms with E-state index in [2.05, 4.69) is 10.3 Å². The van der Waals surface area contributed by atoms with E-state index >= 15 is 0 Å². The van der Waals surface area contributed by atoms with Crippen LogP contribution in [-0.2, 0) is 16.1 Å². The molecular weight excluding hydrogens is 278 g/mol. The van der Waals surface area contributed by atoms with Gasteiger partial charge in [0.15, 0.2) is 0 Å². The van der Waals surface area contributed by atoms with E-state index in [1.807, 2.05) is 0 Å². The molecule has 2 amide bonds. The van der Waals surface area contributed by atoms with Gasteiger partial charge in [-0.15, -0.1) is 0 Å². The molecule has 1 aliphatic carbocycles. The van der Waals surface area contributed by atoms with Gasteiger partial charge < -0.3 is 15.2 Å². The summed E-state index contributed by atoms with van der Waals surface area (Å²) in [6.07, 6.45) is 3.34. The first kappa shape index (κ1) is 13.4. The number of piperazine rings is 1. The Morgan fingerprint density at radius 1 is 1.35 bits per heavy atom. The van der Waals surface area contributed by atoms with Gasteiger partial charge >= 0.3 is 4.87 Å². The van der Waals surface area contributed by atoms with E-state index in [1.54, 1.807) is 17.2 Å². The lowest BCUT2D eigenvalue weighted by atomic mass is 9.91. The molecule has 3 rings (SSSR count). The van der Waals surface area contributed by atoms with E-state index in [0.29, 0.717) is 18.5 Å². The molecule has 1 aliphatic heterocycles. The van der Waals surface area contributed by atoms with Crippen LogP contribution in [0.4, 0.5) is 0 Å². The van der Waals surface area contributed by atoms with Crippen molar-refractivity contribution in [3.63, 3.8) is 0 Å². The molecular formula is C13H17N3O3S. The van der Waals surface area contributed by atoms with Crippen LogP contribution in [0, 0.1) is 0 Å². The van der Waals surface area contributed by atoms with Crippen LogP contribution in [0.1, 0.15) is 38.3 Å². The summed E-state index contributed by atoms with van der Waals surface area (Å²) >= 11 is 1.07. The summed E-state index contributed by atoms with van der Waals surface area (Å²) in [6.45, 7) is 2.01. The van der Waals surface area contributed by atoms with Crippen molar-refractivity contribution in [3.05, 3.63) is 20.7 Å². The molecule has 2 N–H and O–H groups in total. The van der Waals surface area contributed by atoms with Crippen molar-refractivity contribution in [2.45, 2.75) is 50.7 Å². The summed E-state index contributed by atoms with van der Waals surface area (Å²) < 4.78 is 0. The number of carbonyl (C=O) groups is 2. The first-order valence-corrected chi connectivity index (χ1v) is 7.70. The predicted molar refractivity (Wildman–Crippen MR) is 74.3 cm³/mol. The standard InChI is InChI=1S/C13H17N3O3S/c1-8-10(17)15-13(4-2-3-5-13)11(18)16(8)6-9-7-20-12(19)14-9/h7-8H,2-6H2,1H3,(H,14,19)(H,15,17). The number of nitrogens with one attached hydrogen (secondary N) is 2. The molecule has 7 heteroatoms. The van der Waals surface area contributed by atoms with Gasteiger partial charge in [0, 0.05) is 11.1 Å². The Balaban J connectivity index is 1.88. The van der Waals surface area contributed by atoms with Gasteiger partial charge in [-0.05, 0) is 19.8 Å². The number of amides is 2. The molecule has 2 aliphatic rings. The quantitative estimate of drug-likeness (QED) is 0.838. The van der Waals surface area contributed by atoms with Crippen molar-refractivity contribution >= 4 is 23.2 Å². The zero-order chi connectivity index (χ0) is 14.3. The number of aromatic amines is 1. The predicted octanol–water partition coefficient (Wildman–Crippen LogP) is 0.596. The maximum atomic E-state index is 12.7. The number of carbonyl (C=O) groups excluding carboxylic acids is 2. The van der Waals surface area contributed by atoms with Crippen molar-refractivity contribution in [2.75, 3.05) is 0 Å². The highest BCUT2D eigenvalue weighted by Gasteiger charge is 2.50. The van der Waals surface area contributed by atoms with Crippen LogP contribution in [0.15, 0.2) is 10.2 Å². The number of rotatable bonds is 2. The van der Waals surface area contributed by atoms with Gasteiger partial charge in [-0.25, -0.2) is 0 Å².